The minimum absolute atomic E-state index is 0.134. The molecule has 1 unspecified atom stereocenters. The normalized spacial score (nSPS) is 12.7. The van der Waals surface area contributed by atoms with Gasteiger partial charge < -0.3 is 9.64 Å². The van der Waals surface area contributed by atoms with Crippen molar-refractivity contribution in [3.05, 3.63) is 88.4 Å². The van der Waals surface area contributed by atoms with Crippen molar-refractivity contribution in [1.29, 1.82) is 0 Å². The lowest BCUT2D eigenvalue weighted by molar-refractivity contribution is -0.144. The van der Waals surface area contributed by atoms with Crippen molar-refractivity contribution in [2.45, 2.75) is 20.3 Å². The second-order valence-electron chi connectivity index (χ2n) is 8.00. The first-order chi connectivity index (χ1) is 15.2. The first kappa shape index (κ1) is 23.7. The number of halogens is 2. The molecule has 32 heavy (non-hydrogen) atoms. The Morgan fingerprint density at radius 1 is 1.00 bits per heavy atom. The molecule has 0 heterocycles. The van der Waals surface area contributed by atoms with E-state index >= 15 is 0 Å². The Morgan fingerprint density at radius 2 is 1.59 bits per heavy atom. The molecule has 3 nitrogen and oxygen atoms in total. The molecule has 0 bridgehead atoms. The Kier molecular flexibility index (Phi) is 7.51. The van der Waals surface area contributed by atoms with Gasteiger partial charge in [-0.05, 0) is 78.6 Å². The summed E-state index contributed by atoms with van der Waals surface area (Å²) in [4.78, 5) is 15.3. The molecule has 0 saturated heterocycles. The Labute approximate surface area is 199 Å². The quantitative estimate of drug-likeness (QED) is 0.210. The fourth-order valence-corrected chi connectivity index (χ4v) is 3.75. The highest BCUT2D eigenvalue weighted by Crippen LogP contribution is 2.35. The fourth-order valence-electron chi connectivity index (χ4n) is 3.50. The number of anilines is 2. The van der Waals surface area contributed by atoms with Crippen molar-refractivity contribution < 1.29 is 9.53 Å². The van der Waals surface area contributed by atoms with E-state index in [1.165, 1.54) is 0 Å². The molecule has 0 aliphatic carbocycles. The molecule has 5 heteroatoms. The van der Waals surface area contributed by atoms with Gasteiger partial charge in [-0.25, -0.2) is 4.79 Å². The number of terminal acetylenes is 1. The summed E-state index contributed by atoms with van der Waals surface area (Å²) in [6.07, 6.45) is 6.30. The van der Waals surface area contributed by atoms with E-state index in [9.17, 15) is 4.79 Å². The third-order valence-corrected chi connectivity index (χ3v) is 6.13. The van der Waals surface area contributed by atoms with Crippen LogP contribution in [0.3, 0.4) is 0 Å². The van der Waals surface area contributed by atoms with Crippen LogP contribution in [0.15, 0.2) is 72.8 Å². The summed E-state index contributed by atoms with van der Waals surface area (Å²) >= 11 is 11.9. The van der Waals surface area contributed by atoms with E-state index in [1.54, 1.807) is 24.3 Å². The number of nitrogens with zero attached hydrogens (tertiary/aromatic N) is 1. The van der Waals surface area contributed by atoms with Crippen LogP contribution in [0.5, 0.6) is 5.75 Å². The Hall–Kier alpha value is -2.93. The number of hydrogen-bond acceptors (Lipinski definition) is 3. The number of carbonyl (C=O) groups is 1. The Bertz CT molecular complexity index is 1120. The zero-order valence-electron chi connectivity index (χ0n) is 18.3. The molecule has 0 saturated carbocycles. The maximum absolute atomic E-state index is 13.2. The predicted octanol–water partition coefficient (Wildman–Crippen LogP) is 7.19. The zero-order chi connectivity index (χ0) is 23.3. The van der Waals surface area contributed by atoms with E-state index in [4.69, 9.17) is 34.4 Å². The highest BCUT2D eigenvalue weighted by molar-refractivity contribution is 6.30. The molecule has 0 aliphatic heterocycles. The largest absolute Gasteiger partial charge is 0.425 e. The second-order valence-corrected chi connectivity index (χ2v) is 8.87. The lowest BCUT2D eigenvalue weighted by atomic mass is 9.73. The SMILES string of the molecule is C#CC(Cc1cccc(N(C)c2ccc(Cl)cc2)c1)(C(=O)Oc1ccc(Cl)cc1)C(C)C. The van der Waals surface area contributed by atoms with Crippen LogP contribution in [0.25, 0.3) is 0 Å². The van der Waals surface area contributed by atoms with Crippen LogP contribution in [0.2, 0.25) is 10.0 Å². The lowest BCUT2D eigenvalue weighted by Crippen LogP contribution is -2.40. The molecule has 0 spiro atoms. The topological polar surface area (TPSA) is 29.5 Å². The summed E-state index contributed by atoms with van der Waals surface area (Å²) in [5.41, 5.74) is 1.81. The number of carbonyl (C=O) groups excluding carboxylic acids is 1. The second kappa shape index (κ2) is 10.1. The van der Waals surface area contributed by atoms with E-state index in [-0.39, 0.29) is 5.92 Å². The van der Waals surface area contributed by atoms with Crippen LogP contribution in [0, 0.1) is 23.7 Å². The van der Waals surface area contributed by atoms with Gasteiger partial charge in [-0.2, -0.15) is 0 Å². The van der Waals surface area contributed by atoms with Gasteiger partial charge in [-0.15, -0.1) is 6.42 Å². The Morgan fingerprint density at radius 3 is 2.16 bits per heavy atom. The average molecular weight is 466 g/mol. The minimum Gasteiger partial charge on any atom is -0.425 e. The van der Waals surface area contributed by atoms with Gasteiger partial charge in [-0.3, -0.25) is 0 Å². The van der Waals surface area contributed by atoms with Gasteiger partial charge in [0.1, 0.15) is 11.2 Å². The van der Waals surface area contributed by atoms with Gasteiger partial charge in [0.15, 0.2) is 0 Å². The smallest absolute Gasteiger partial charge is 0.330 e. The van der Waals surface area contributed by atoms with Crippen molar-refractivity contribution >= 4 is 40.5 Å². The molecule has 0 aromatic heterocycles. The van der Waals surface area contributed by atoms with E-state index in [2.05, 4.69) is 10.8 Å². The summed E-state index contributed by atoms with van der Waals surface area (Å²) in [6, 6.07) is 22.3. The van der Waals surface area contributed by atoms with Crippen LogP contribution >= 0.6 is 23.2 Å². The minimum atomic E-state index is -1.11. The van der Waals surface area contributed by atoms with Gasteiger partial charge in [0, 0.05) is 28.5 Å². The number of benzene rings is 3. The van der Waals surface area contributed by atoms with Crippen LogP contribution in [-0.2, 0) is 11.2 Å². The van der Waals surface area contributed by atoms with Crippen molar-refractivity contribution in [3.63, 3.8) is 0 Å². The van der Waals surface area contributed by atoms with E-state index < -0.39 is 11.4 Å². The highest BCUT2D eigenvalue weighted by Gasteiger charge is 2.42. The molecule has 3 aromatic carbocycles. The predicted molar refractivity (Wildman–Crippen MR) is 133 cm³/mol. The molecule has 0 amide bonds. The van der Waals surface area contributed by atoms with Crippen molar-refractivity contribution in [2.75, 3.05) is 11.9 Å². The van der Waals surface area contributed by atoms with Gasteiger partial charge in [0.2, 0.25) is 0 Å². The standard InChI is InChI=1S/C27H25Cl2NO2/c1-5-27(19(2)3,26(31)32-25-15-11-22(29)12-16-25)18-20-7-6-8-24(17-20)30(4)23-13-9-21(28)10-14-23/h1,6-17,19H,18H2,2-4H3. The molecule has 0 radical (unpaired) electrons. The summed E-state index contributed by atoms with van der Waals surface area (Å²) in [7, 11) is 1.98. The molecular formula is C27H25Cl2NO2. The molecule has 0 fully saturated rings. The average Bonchev–Trinajstić information content (AvgIpc) is 2.79. The van der Waals surface area contributed by atoms with Crippen molar-refractivity contribution in [2.24, 2.45) is 11.3 Å². The summed E-state index contributed by atoms with van der Waals surface area (Å²) < 4.78 is 5.65. The van der Waals surface area contributed by atoms with Gasteiger partial charge in [0.05, 0.1) is 0 Å². The molecule has 1 atom stereocenters. The maximum Gasteiger partial charge on any atom is 0.330 e. The van der Waals surface area contributed by atoms with Crippen LogP contribution in [0.1, 0.15) is 19.4 Å². The highest BCUT2D eigenvalue weighted by atomic mass is 35.5. The van der Waals surface area contributed by atoms with Crippen LogP contribution in [0.4, 0.5) is 11.4 Å². The van der Waals surface area contributed by atoms with Gasteiger partial charge >= 0.3 is 5.97 Å². The van der Waals surface area contributed by atoms with Crippen molar-refractivity contribution in [3.8, 4) is 18.1 Å². The summed E-state index contributed by atoms with van der Waals surface area (Å²) in [5, 5.41) is 1.25. The molecule has 164 valence electrons. The molecular weight excluding hydrogens is 441 g/mol. The first-order valence-electron chi connectivity index (χ1n) is 10.3. The number of hydrogen-bond donors (Lipinski definition) is 0. The molecule has 0 N–H and O–H groups in total. The number of rotatable bonds is 7. The van der Waals surface area contributed by atoms with E-state index in [0.29, 0.717) is 22.2 Å². The lowest BCUT2D eigenvalue weighted by Gasteiger charge is -2.30. The molecule has 3 aromatic rings. The monoisotopic (exact) mass is 465 g/mol. The molecule has 3 rings (SSSR count). The van der Waals surface area contributed by atoms with E-state index in [0.717, 1.165) is 16.9 Å². The summed E-state index contributed by atoms with van der Waals surface area (Å²) in [5.74, 6) is 2.58. The number of esters is 1. The van der Waals surface area contributed by atoms with E-state index in [1.807, 2.05) is 69.4 Å². The third kappa shape index (κ3) is 5.27. The fraction of sp³-hybridized carbons (Fsp3) is 0.222. The van der Waals surface area contributed by atoms with Gasteiger partial charge in [-0.1, -0.05) is 55.1 Å². The molecule has 0 aliphatic rings. The Balaban J connectivity index is 1.87. The first-order valence-corrected chi connectivity index (χ1v) is 11.0. The maximum atomic E-state index is 13.2. The van der Waals surface area contributed by atoms with Crippen molar-refractivity contribution in [1.82, 2.24) is 0 Å². The van der Waals surface area contributed by atoms with Crippen LogP contribution < -0.4 is 9.64 Å². The number of ether oxygens (including phenoxy) is 1. The zero-order valence-corrected chi connectivity index (χ0v) is 19.8. The van der Waals surface area contributed by atoms with Gasteiger partial charge in [0.25, 0.3) is 0 Å². The summed E-state index contributed by atoms with van der Waals surface area (Å²) in [6.45, 7) is 3.87. The third-order valence-electron chi connectivity index (χ3n) is 5.63. The van der Waals surface area contributed by atoms with Crippen LogP contribution in [-0.4, -0.2) is 13.0 Å².